The lowest BCUT2D eigenvalue weighted by atomic mass is 10.0. The standard InChI is InChI=1S/C26H52O5/c1-2-3-4-5-6-7-8-9-10-11-12-13-14-15-16-17-18-19-20-30-24(21-27)26-25(29)23(28)22-31-26/h23-29H,2-22H2,1H3/t23-,24+,25+,26+/m0/s1. The molecule has 0 saturated carbocycles. The van der Waals surface area contributed by atoms with E-state index in [9.17, 15) is 15.3 Å². The molecule has 3 N–H and O–H groups in total. The molecule has 5 heteroatoms. The van der Waals surface area contributed by atoms with Crippen LogP contribution in [0.3, 0.4) is 0 Å². The maximum atomic E-state index is 9.85. The summed E-state index contributed by atoms with van der Waals surface area (Å²) in [7, 11) is 0. The van der Waals surface area contributed by atoms with E-state index in [2.05, 4.69) is 6.92 Å². The number of rotatable bonds is 22. The highest BCUT2D eigenvalue weighted by Gasteiger charge is 2.40. The largest absolute Gasteiger partial charge is 0.394 e. The monoisotopic (exact) mass is 444 g/mol. The minimum absolute atomic E-state index is 0.102. The number of ether oxygens (including phenoxy) is 2. The van der Waals surface area contributed by atoms with Gasteiger partial charge in [0.1, 0.15) is 24.4 Å². The lowest BCUT2D eigenvalue weighted by Gasteiger charge is -2.24. The average Bonchev–Trinajstić information content (AvgIpc) is 3.11. The molecule has 0 amide bonds. The second kappa shape index (κ2) is 20.4. The number of unbranched alkanes of at least 4 members (excludes halogenated alkanes) is 17. The van der Waals surface area contributed by atoms with Crippen molar-refractivity contribution in [3.63, 3.8) is 0 Å². The molecule has 1 aliphatic rings. The van der Waals surface area contributed by atoms with E-state index >= 15 is 0 Å². The van der Waals surface area contributed by atoms with Crippen molar-refractivity contribution in [1.82, 2.24) is 0 Å². The summed E-state index contributed by atoms with van der Waals surface area (Å²) in [5.74, 6) is 0. The average molecular weight is 445 g/mol. The smallest absolute Gasteiger partial charge is 0.114 e. The highest BCUT2D eigenvalue weighted by molar-refractivity contribution is 4.88. The molecule has 0 unspecified atom stereocenters. The van der Waals surface area contributed by atoms with Crippen LogP contribution in [0.1, 0.15) is 122 Å². The summed E-state index contributed by atoms with van der Waals surface area (Å²) >= 11 is 0. The topological polar surface area (TPSA) is 79.2 Å². The van der Waals surface area contributed by atoms with Crippen molar-refractivity contribution in [2.75, 3.05) is 19.8 Å². The number of aliphatic hydroxyl groups excluding tert-OH is 3. The van der Waals surface area contributed by atoms with Crippen molar-refractivity contribution < 1.29 is 24.8 Å². The normalized spacial score (nSPS) is 22.3. The first-order valence-corrected chi connectivity index (χ1v) is 13.4. The Morgan fingerprint density at radius 3 is 1.48 bits per heavy atom. The van der Waals surface area contributed by atoms with Gasteiger partial charge in [0.25, 0.3) is 0 Å². The summed E-state index contributed by atoms with van der Waals surface area (Å²) in [5.41, 5.74) is 0. The first-order chi connectivity index (χ1) is 15.2. The van der Waals surface area contributed by atoms with Gasteiger partial charge in [-0.1, -0.05) is 116 Å². The minimum Gasteiger partial charge on any atom is -0.394 e. The lowest BCUT2D eigenvalue weighted by Crippen LogP contribution is -2.42. The molecule has 1 heterocycles. The summed E-state index contributed by atoms with van der Waals surface area (Å²) < 4.78 is 11.0. The highest BCUT2D eigenvalue weighted by atomic mass is 16.6. The third-order valence-corrected chi connectivity index (χ3v) is 6.57. The minimum atomic E-state index is -0.975. The highest BCUT2D eigenvalue weighted by Crippen LogP contribution is 2.20. The second-order valence-electron chi connectivity index (χ2n) is 9.46. The Morgan fingerprint density at radius 2 is 1.13 bits per heavy atom. The quantitative estimate of drug-likeness (QED) is 0.191. The van der Waals surface area contributed by atoms with Gasteiger partial charge in [-0.2, -0.15) is 0 Å². The number of hydrogen-bond acceptors (Lipinski definition) is 5. The molecule has 1 fully saturated rings. The molecule has 1 aliphatic heterocycles. The third-order valence-electron chi connectivity index (χ3n) is 6.57. The Hall–Kier alpha value is -0.200. The van der Waals surface area contributed by atoms with E-state index in [1.54, 1.807) is 0 Å². The van der Waals surface area contributed by atoms with E-state index in [1.807, 2.05) is 0 Å². The third kappa shape index (κ3) is 14.5. The first kappa shape index (κ1) is 28.8. The predicted octanol–water partition coefficient (Wildman–Crippen LogP) is 5.53. The van der Waals surface area contributed by atoms with Crippen LogP contribution in [0.5, 0.6) is 0 Å². The van der Waals surface area contributed by atoms with Gasteiger partial charge in [-0.3, -0.25) is 0 Å². The Morgan fingerprint density at radius 1 is 0.710 bits per heavy atom. The Bertz CT molecular complexity index is 379. The van der Waals surface area contributed by atoms with E-state index in [0.29, 0.717) is 6.61 Å². The van der Waals surface area contributed by atoms with Crippen LogP contribution in [-0.2, 0) is 9.47 Å². The molecule has 0 spiro atoms. The van der Waals surface area contributed by atoms with Crippen molar-refractivity contribution >= 4 is 0 Å². The van der Waals surface area contributed by atoms with Gasteiger partial charge >= 0.3 is 0 Å². The molecule has 0 aromatic heterocycles. The maximum Gasteiger partial charge on any atom is 0.114 e. The van der Waals surface area contributed by atoms with Crippen LogP contribution < -0.4 is 0 Å². The predicted molar refractivity (Wildman–Crippen MR) is 127 cm³/mol. The molecule has 31 heavy (non-hydrogen) atoms. The fourth-order valence-electron chi connectivity index (χ4n) is 4.44. The summed E-state index contributed by atoms with van der Waals surface area (Å²) in [6, 6.07) is 0. The van der Waals surface area contributed by atoms with Crippen LogP contribution in [0.15, 0.2) is 0 Å². The molecule has 0 bridgehead atoms. The number of aliphatic hydroxyl groups is 3. The molecule has 0 radical (unpaired) electrons. The first-order valence-electron chi connectivity index (χ1n) is 13.4. The second-order valence-corrected chi connectivity index (χ2v) is 9.46. The molecule has 186 valence electrons. The van der Waals surface area contributed by atoms with E-state index in [-0.39, 0.29) is 13.2 Å². The fraction of sp³-hybridized carbons (Fsp3) is 1.00. The Kier molecular flexibility index (Phi) is 19.0. The molecular weight excluding hydrogens is 392 g/mol. The van der Waals surface area contributed by atoms with Crippen LogP contribution in [0.25, 0.3) is 0 Å². The van der Waals surface area contributed by atoms with Gasteiger partial charge in [-0.15, -0.1) is 0 Å². The summed E-state index contributed by atoms with van der Waals surface area (Å²) in [6.45, 7) is 2.74. The van der Waals surface area contributed by atoms with Gasteiger partial charge in [-0.05, 0) is 6.42 Å². The molecule has 0 aromatic carbocycles. The zero-order chi connectivity index (χ0) is 22.6. The van der Waals surface area contributed by atoms with Crippen molar-refractivity contribution in [3.8, 4) is 0 Å². The summed E-state index contributed by atoms with van der Waals surface area (Å²) in [6.07, 6.45) is 21.2. The zero-order valence-electron chi connectivity index (χ0n) is 20.3. The van der Waals surface area contributed by atoms with Gasteiger partial charge in [0.2, 0.25) is 0 Å². The lowest BCUT2D eigenvalue weighted by molar-refractivity contribution is -0.101. The Balaban J connectivity index is 1.78. The SMILES string of the molecule is CCCCCCCCCCCCCCCCCCCCO[C@H](CO)[C@H]1OC[C@H](O)[C@H]1O. The van der Waals surface area contributed by atoms with Crippen molar-refractivity contribution in [3.05, 3.63) is 0 Å². The molecule has 4 atom stereocenters. The van der Waals surface area contributed by atoms with Crippen LogP contribution in [0, 0.1) is 0 Å². The van der Waals surface area contributed by atoms with Crippen LogP contribution in [-0.4, -0.2) is 59.6 Å². The van der Waals surface area contributed by atoms with Crippen molar-refractivity contribution in [1.29, 1.82) is 0 Å². The summed E-state index contributed by atoms with van der Waals surface area (Å²) in [4.78, 5) is 0. The van der Waals surface area contributed by atoms with Gasteiger partial charge in [0, 0.05) is 6.61 Å². The van der Waals surface area contributed by atoms with Gasteiger partial charge in [0.05, 0.1) is 13.2 Å². The zero-order valence-corrected chi connectivity index (χ0v) is 20.3. The van der Waals surface area contributed by atoms with Gasteiger partial charge < -0.3 is 24.8 Å². The van der Waals surface area contributed by atoms with E-state index < -0.39 is 24.4 Å². The van der Waals surface area contributed by atoms with E-state index in [0.717, 1.165) is 12.8 Å². The molecular formula is C26H52O5. The molecule has 1 rings (SSSR count). The number of hydrogen-bond donors (Lipinski definition) is 3. The van der Waals surface area contributed by atoms with Crippen LogP contribution >= 0.6 is 0 Å². The van der Waals surface area contributed by atoms with Crippen LogP contribution in [0.4, 0.5) is 0 Å². The van der Waals surface area contributed by atoms with E-state index in [4.69, 9.17) is 9.47 Å². The van der Waals surface area contributed by atoms with E-state index in [1.165, 1.54) is 103 Å². The maximum absolute atomic E-state index is 9.85. The van der Waals surface area contributed by atoms with Gasteiger partial charge in [0.15, 0.2) is 0 Å². The molecule has 5 nitrogen and oxygen atoms in total. The van der Waals surface area contributed by atoms with Crippen molar-refractivity contribution in [2.45, 2.75) is 147 Å². The molecule has 0 aromatic rings. The summed E-state index contributed by atoms with van der Waals surface area (Å²) in [5, 5.41) is 28.8. The van der Waals surface area contributed by atoms with Crippen LogP contribution in [0.2, 0.25) is 0 Å². The molecule has 0 aliphatic carbocycles. The van der Waals surface area contributed by atoms with Crippen molar-refractivity contribution in [2.24, 2.45) is 0 Å². The van der Waals surface area contributed by atoms with Gasteiger partial charge in [-0.25, -0.2) is 0 Å². The Labute approximate surface area is 191 Å². The molecule has 1 saturated heterocycles. The fourth-order valence-corrected chi connectivity index (χ4v) is 4.44.